The predicted molar refractivity (Wildman–Crippen MR) is 71.6 cm³/mol. The summed E-state index contributed by atoms with van der Waals surface area (Å²) in [6.45, 7) is 0. The van der Waals surface area contributed by atoms with Gasteiger partial charge in [0, 0.05) is 12.4 Å². The van der Waals surface area contributed by atoms with Crippen molar-refractivity contribution in [2.45, 2.75) is 0 Å². The van der Waals surface area contributed by atoms with Gasteiger partial charge >= 0.3 is 51.5 Å². The Morgan fingerprint density at radius 1 is 0.630 bits per heavy atom. The van der Waals surface area contributed by atoms with Crippen LogP contribution in [0, 0.1) is 5.46 Å². The van der Waals surface area contributed by atoms with Crippen molar-refractivity contribution in [2.75, 3.05) is 0 Å². The summed E-state index contributed by atoms with van der Waals surface area (Å²) in [5, 5.41) is 0. The van der Waals surface area contributed by atoms with Gasteiger partial charge in [0.15, 0.2) is 0 Å². The maximum absolute atomic E-state index is 9.75. The molecule has 0 unspecified atom stereocenters. The van der Waals surface area contributed by atoms with E-state index in [4.69, 9.17) is 10.2 Å². The van der Waals surface area contributed by atoms with Crippen LogP contribution in [0.15, 0.2) is 18.7 Å². The number of imidazole rings is 1. The minimum Gasteiger partial charge on any atom is -0.351 e. The first-order valence-corrected chi connectivity index (χ1v) is 4.23. The molecule has 1 rings (SSSR count). The largest absolute Gasteiger partial charge is 2.00 e. The Morgan fingerprint density at radius 2 is 0.815 bits per heavy atom. The number of rotatable bonds is 0. The molecule has 1 aromatic rings. The van der Waals surface area contributed by atoms with Crippen molar-refractivity contribution in [3.63, 3.8) is 0 Å². The first-order chi connectivity index (χ1) is 9.50. The third-order valence-electron chi connectivity index (χ3n) is 0.406. The van der Waals surface area contributed by atoms with Crippen molar-refractivity contribution in [1.29, 1.82) is 5.46 Å². The molecule has 1 aromatic heterocycles. The fourth-order valence-electron chi connectivity index (χ4n) is 0.215. The second-order valence-electron chi connectivity index (χ2n) is 2.25. The van der Waals surface area contributed by atoms with Gasteiger partial charge in [-0.25, -0.2) is 4.98 Å². The molecule has 0 saturated heterocycles. The topological polar surface area (TPSA) is 212 Å². The second kappa shape index (κ2) is 29.5. The number of nitrogens with zero attached hydrogens (tertiary/aromatic N) is 2. The van der Waals surface area contributed by atoms with E-state index < -0.39 is 21.8 Å². The van der Waals surface area contributed by atoms with Gasteiger partial charge in [0.1, 0.15) is 0 Å². The molecular formula is C3H16B3F12N7ORu. The zero-order chi connectivity index (χ0) is 19.0. The van der Waals surface area contributed by atoms with Gasteiger partial charge in [0.25, 0.3) is 0 Å². The summed E-state index contributed by atoms with van der Waals surface area (Å²) in [5.74, 6) is 0. The SMILES string of the molecule is F[B-](F)(F)F.F[B-](F)(F)F.F[B-](F)(F)F.N.N.N.N.N#[O+].[Ru+2].c1c[nH]cn1. The zero-order valence-electron chi connectivity index (χ0n) is 13.0. The average molecular weight is 528 g/mol. The minimum absolute atomic E-state index is 0. The molecule has 8 nitrogen and oxygen atoms in total. The summed E-state index contributed by atoms with van der Waals surface area (Å²) < 4.78 is 124. The number of halogens is 12. The van der Waals surface area contributed by atoms with E-state index in [-0.39, 0.29) is 44.1 Å². The van der Waals surface area contributed by atoms with Crippen LogP contribution in [-0.2, 0) is 24.3 Å². The number of aromatic amines is 1. The third-order valence-corrected chi connectivity index (χ3v) is 0.406. The van der Waals surface area contributed by atoms with Crippen molar-refractivity contribution in [1.82, 2.24) is 34.6 Å². The Labute approximate surface area is 157 Å². The number of hydrogen-bond acceptors (Lipinski definition) is 6. The smallest absolute Gasteiger partial charge is 0.351 e. The van der Waals surface area contributed by atoms with Gasteiger partial charge in [-0.05, 0) is 0 Å². The summed E-state index contributed by atoms with van der Waals surface area (Å²) in [6.07, 6.45) is 5.08. The molecule has 0 aromatic carbocycles. The molecule has 0 atom stereocenters. The van der Waals surface area contributed by atoms with E-state index in [2.05, 4.69) is 9.97 Å². The van der Waals surface area contributed by atoms with E-state index in [9.17, 15) is 51.8 Å². The maximum atomic E-state index is 9.75. The molecule has 13 N–H and O–H groups in total. The molecule has 0 aliphatic heterocycles. The van der Waals surface area contributed by atoms with E-state index >= 15 is 0 Å². The fraction of sp³-hybridized carbons (Fsp3) is 0. The molecule has 0 bridgehead atoms. The predicted octanol–water partition coefficient (Wildman–Crippen LogP) is 4.85. The zero-order valence-corrected chi connectivity index (χ0v) is 14.7. The van der Waals surface area contributed by atoms with Crippen LogP contribution in [0.2, 0.25) is 0 Å². The van der Waals surface area contributed by atoms with Gasteiger partial charge in [0.05, 0.1) is 6.33 Å². The molecular weight excluding hydrogens is 512 g/mol. The van der Waals surface area contributed by atoms with Crippen molar-refractivity contribution < 1.29 is 76.0 Å². The average Bonchev–Trinajstić information content (AvgIpc) is 2.68. The Bertz CT molecular complexity index is 283. The maximum Gasteiger partial charge on any atom is 2.00 e. The van der Waals surface area contributed by atoms with Crippen LogP contribution >= 0.6 is 0 Å². The van der Waals surface area contributed by atoms with Gasteiger partial charge in [-0.3, -0.25) is 0 Å². The molecule has 0 amide bonds. The molecule has 0 fully saturated rings. The van der Waals surface area contributed by atoms with Gasteiger partial charge in [-0.15, -0.1) is 0 Å². The Kier molecular flexibility index (Phi) is 61.3. The molecule has 0 saturated carbocycles. The molecule has 0 aliphatic carbocycles. The molecule has 0 aliphatic rings. The van der Waals surface area contributed by atoms with E-state index in [1.54, 1.807) is 18.7 Å². The quantitative estimate of drug-likeness (QED) is 0.180. The van der Waals surface area contributed by atoms with Crippen molar-refractivity contribution in [2.24, 2.45) is 0 Å². The van der Waals surface area contributed by atoms with Crippen LogP contribution in [0.25, 0.3) is 0 Å². The monoisotopic (exact) mass is 529 g/mol. The van der Waals surface area contributed by atoms with E-state index in [0.29, 0.717) is 0 Å². The van der Waals surface area contributed by atoms with E-state index in [1.807, 2.05) is 0 Å². The third kappa shape index (κ3) is 930. The van der Waals surface area contributed by atoms with Crippen molar-refractivity contribution in [3.8, 4) is 0 Å². The molecule has 170 valence electrons. The number of hydrogen-bond donors (Lipinski definition) is 5. The Hall–Kier alpha value is -1.30. The summed E-state index contributed by atoms with van der Waals surface area (Å²) in [6, 6.07) is 0. The van der Waals surface area contributed by atoms with Crippen LogP contribution in [0.3, 0.4) is 0 Å². The standard InChI is InChI=1S/C3H4N2.3BF4.NO.4H3N.Ru/c1-2-5-3-4-1;3*2-1(3,4)5;1-2;;;;;/h1-3H,(H,4,5);;;;;4*1H3;/q;3*-1;+1;;;;;+2. The van der Waals surface area contributed by atoms with Gasteiger partial charge in [-0.1, -0.05) is 0 Å². The summed E-state index contributed by atoms with van der Waals surface area (Å²) >= 11 is 0. The van der Waals surface area contributed by atoms with Crippen LogP contribution in [-0.4, -0.2) is 31.7 Å². The van der Waals surface area contributed by atoms with Crippen LogP contribution in [0.4, 0.5) is 51.8 Å². The van der Waals surface area contributed by atoms with E-state index in [1.165, 1.54) is 0 Å². The van der Waals surface area contributed by atoms with Crippen LogP contribution in [0.5, 0.6) is 0 Å². The van der Waals surface area contributed by atoms with Crippen molar-refractivity contribution >= 4 is 21.8 Å². The summed E-state index contributed by atoms with van der Waals surface area (Å²) in [4.78, 5) is 6.42. The first kappa shape index (κ1) is 56.2. The first-order valence-electron chi connectivity index (χ1n) is 4.23. The molecule has 1 heterocycles. The van der Waals surface area contributed by atoms with Crippen molar-refractivity contribution in [3.05, 3.63) is 18.7 Å². The van der Waals surface area contributed by atoms with Crippen LogP contribution in [0.1, 0.15) is 0 Å². The number of nitrogens with one attached hydrogen (secondary N) is 1. The summed E-state index contributed by atoms with van der Waals surface area (Å²) in [7, 11) is -18.0. The Balaban J connectivity index is -0.0000000209. The number of aromatic nitrogens is 2. The second-order valence-corrected chi connectivity index (χ2v) is 2.25. The molecule has 24 heteroatoms. The van der Waals surface area contributed by atoms with Gasteiger partial charge in [0.2, 0.25) is 0 Å². The van der Waals surface area contributed by atoms with Gasteiger partial charge < -0.3 is 81.4 Å². The Morgan fingerprint density at radius 3 is 0.852 bits per heavy atom. The van der Waals surface area contributed by atoms with Crippen LogP contribution < -0.4 is 24.6 Å². The molecule has 0 spiro atoms. The molecule has 0 radical (unpaired) electrons. The van der Waals surface area contributed by atoms with Gasteiger partial charge in [-0.2, -0.15) is 0 Å². The molecule has 27 heavy (non-hydrogen) atoms. The normalized spacial score (nSPS) is 8.22. The summed E-state index contributed by atoms with van der Waals surface area (Å²) in [5.41, 5.74) is 5.75. The minimum atomic E-state index is -6.00. The van der Waals surface area contributed by atoms with E-state index in [0.717, 1.165) is 0 Å². The fourth-order valence-corrected chi connectivity index (χ4v) is 0.215. The number of H-pyrrole nitrogens is 1.